The molecule has 0 saturated heterocycles. The maximum absolute atomic E-state index is 13.4. The van der Waals surface area contributed by atoms with Crippen molar-refractivity contribution >= 4 is 40.1 Å². The minimum Gasteiger partial charge on any atom is -0.347 e. The summed E-state index contributed by atoms with van der Waals surface area (Å²) in [4.78, 5) is 17.2. The number of para-hydroxylation sites is 2. The Morgan fingerprint density at radius 3 is 2.59 bits per heavy atom. The Morgan fingerprint density at radius 1 is 1.26 bits per heavy atom. The fraction of sp³-hybridized carbons (Fsp3) is 0.300. The molecular formula is C20H18Cl2FN3O. The van der Waals surface area contributed by atoms with E-state index in [4.69, 9.17) is 23.2 Å². The Kier molecular flexibility index (Phi) is 4.40. The first-order valence-corrected chi connectivity index (χ1v) is 9.40. The molecule has 1 aliphatic rings. The van der Waals surface area contributed by atoms with Gasteiger partial charge in [0.05, 0.1) is 28.8 Å². The van der Waals surface area contributed by atoms with Crippen LogP contribution < -0.4 is 5.32 Å². The van der Waals surface area contributed by atoms with E-state index in [9.17, 15) is 9.18 Å². The lowest BCUT2D eigenvalue weighted by molar-refractivity contribution is -0.126. The summed E-state index contributed by atoms with van der Waals surface area (Å²) in [7, 11) is 0. The van der Waals surface area contributed by atoms with E-state index in [2.05, 4.69) is 10.3 Å². The van der Waals surface area contributed by atoms with Crippen LogP contribution in [0.2, 0.25) is 0 Å². The second-order valence-electron chi connectivity index (χ2n) is 7.18. The monoisotopic (exact) mass is 405 g/mol. The number of carbonyl (C=O) groups is 1. The van der Waals surface area contributed by atoms with Gasteiger partial charge in [0.25, 0.3) is 0 Å². The van der Waals surface area contributed by atoms with Gasteiger partial charge in [-0.3, -0.25) is 4.79 Å². The molecule has 1 fully saturated rings. The zero-order valence-corrected chi connectivity index (χ0v) is 16.1. The lowest BCUT2D eigenvalue weighted by Gasteiger charge is -2.23. The second-order valence-corrected chi connectivity index (χ2v) is 8.66. The summed E-state index contributed by atoms with van der Waals surface area (Å²) < 4.78 is 14.3. The molecule has 0 radical (unpaired) electrons. The Labute approximate surface area is 166 Å². The molecule has 2 aromatic carbocycles. The number of halogens is 3. The van der Waals surface area contributed by atoms with Gasteiger partial charge in [-0.25, -0.2) is 9.37 Å². The van der Waals surface area contributed by atoms with Gasteiger partial charge in [-0.2, -0.15) is 0 Å². The van der Waals surface area contributed by atoms with Gasteiger partial charge in [-0.15, -0.1) is 23.2 Å². The van der Waals surface area contributed by atoms with Crippen LogP contribution in [0, 0.1) is 11.2 Å². The molecule has 1 aromatic heterocycles. The SMILES string of the molecule is CC1(C(=O)NC(Cn2cnc3ccccc32)c2ccc(F)cc2)CC1(Cl)Cl. The van der Waals surface area contributed by atoms with E-state index in [-0.39, 0.29) is 17.8 Å². The molecule has 3 aromatic rings. The van der Waals surface area contributed by atoms with Gasteiger partial charge in [0.2, 0.25) is 5.91 Å². The molecule has 1 N–H and O–H groups in total. The normalized spacial score (nSPS) is 21.8. The van der Waals surface area contributed by atoms with Crippen LogP contribution in [0.25, 0.3) is 11.0 Å². The maximum Gasteiger partial charge on any atom is 0.229 e. The van der Waals surface area contributed by atoms with Gasteiger partial charge in [0.15, 0.2) is 0 Å². The van der Waals surface area contributed by atoms with Crippen molar-refractivity contribution in [3.05, 3.63) is 66.2 Å². The third kappa shape index (κ3) is 3.30. The number of nitrogens with one attached hydrogen (secondary N) is 1. The summed E-state index contributed by atoms with van der Waals surface area (Å²) >= 11 is 12.3. The number of hydrogen-bond acceptors (Lipinski definition) is 2. The van der Waals surface area contributed by atoms with Crippen molar-refractivity contribution in [1.82, 2.24) is 14.9 Å². The van der Waals surface area contributed by atoms with E-state index in [0.29, 0.717) is 13.0 Å². The molecule has 1 heterocycles. The molecule has 4 nitrogen and oxygen atoms in total. The van der Waals surface area contributed by atoms with Crippen molar-refractivity contribution in [1.29, 1.82) is 0 Å². The minimum absolute atomic E-state index is 0.216. The predicted octanol–water partition coefficient (Wildman–Crippen LogP) is 4.62. The summed E-state index contributed by atoms with van der Waals surface area (Å²) in [5.41, 5.74) is 1.80. The highest BCUT2D eigenvalue weighted by Gasteiger charge is 2.68. The van der Waals surface area contributed by atoms with Gasteiger partial charge in [0, 0.05) is 6.54 Å². The molecule has 0 spiro atoms. The van der Waals surface area contributed by atoms with E-state index < -0.39 is 9.75 Å². The van der Waals surface area contributed by atoms with Crippen molar-refractivity contribution in [3.8, 4) is 0 Å². The van der Waals surface area contributed by atoms with E-state index in [0.717, 1.165) is 16.6 Å². The molecule has 140 valence electrons. The van der Waals surface area contributed by atoms with Crippen molar-refractivity contribution in [2.24, 2.45) is 5.41 Å². The zero-order valence-electron chi connectivity index (χ0n) is 14.6. The summed E-state index contributed by atoms with van der Waals surface area (Å²) in [6, 6.07) is 13.5. The van der Waals surface area contributed by atoms with E-state index in [1.807, 2.05) is 28.8 Å². The number of rotatable bonds is 5. The fourth-order valence-electron chi connectivity index (χ4n) is 3.25. The molecule has 4 rings (SSSR count). The highest BCUT2D eigenvalue weighted by atomic mass is 35.5. The van der Waals surface area contributed by atoms with E-state index in [1.54, 1.807) is 25.4 Å². The Balaban J connectivity index is 1.64. The predicted molar refractivity (Wildman–Crippen MR) is 104 cm³/mol. The Morgan fingerprint density at radius 2 is 1.93 bits per heavy atom. The molecule has 1 aliphatic carbocycles. The molecular weight excluding hydrogens is 388 g/mol. The van der Waals surface area contributed by atoms with Crippen LogP contribution in [0.5, 0.6) is 0 Å². The number of aromatic nitrogens is 2. The van der Waals surface area contributed by atoms with Gasteiger partial charge < -0.3 is 9.88 Å². The third-order valence-electron chi connectivity index (χ3n) is 5.24. The quantitative estimate of drug-likeness (QED) is 0.629. The van der Waals surface area contributed by atoms with Gasteiger partial charge in [-0.05, 0) is 43.2 Å². The van der Waals surface area contributed by atoms with Crippen molar-refractivity contribution < 1.29 is 9.18 Å². The van der Waals surface area contributed by atoms with E-state index >= 15 is 0 Å². The minimum atomic E-state index is -1.05. The van der Waals surface area contributed by atoms with Crippen molar-refractivity contribution in [3.63, 3.8) is 0 Å². The molecule has 2 atom stereocenters. The Hall–Kier alpha value is -2.11. The van der Waals surface area contributed by atoms with E-state index in [1.165, 1.54) is 12.1 Å². The maximum atomic E-state index is 13.4. The van der Waals surface area contributed by atoms with Crippen LogP contribution in [-0.2, 0) is 11.3 Å². The van der Waals surface area contributed by atoms with Gasteiger partial charge in [-0.1, -0.05) is 24.3 Å². The van der Waals surface area contributed by atoms with Gasteiger partial charge >= 0.3 is 0 Å². The molecule has 1 amide bonds. The Bertz CT molecular complexity index is 1000. The van der Waals surface area contributed by atoms with Crippen LogP contribution >= 0.6 is 23.2 Å². The fourth-order valence-corrected chi connectivity index (χ4v) is 3.95. The van der Waals surface area contributed by atoms with Crippen LogP contribution in [0.4, 0.5) is 4.39 Å². The number of alkyl halides is 2. The number of benzene rings is 2. The van der Waals surface area contributed by atoms with Crippen LogP contribution in [0.1, 0.15) is 24.9 Å². The first-order chi connectivity index (χ1) is 12.8. The topological polar surface area (TPSA) is 46.9 Å². The molecule has 0 aliphatic heterocycles. The number of fused-ring (bicyclic) bond motifs is 1. The number of imidazole rings is 1. The third-order valence-corrected chi connectivity index (χ3v) is 6.34. The highest BCUT2D eigenvalue weighted by Crippen LogP contribution is 2.63. The van der Waals surface area contributed by atoms with Crippen LogP contribution in [0.3, 0.4) is 0 Å². The van der Waals surface area contributed by atoms with Gasteiger partial charge in [0.1, 0.15) is 10.2 Å². The lowest BCUT2D eigenvalue weighted by Crippen LogP contribution is -2.37. The molecule has 1 saturated carbocycles. The van der Waals surface area contributed by atoms with Crippen molar-refractivity contribution in [2.45, 2.75) is 30.3 Å². The molecule has 2 unspecified atom stereocenters. The van der Waals surface area contributed by atoms with Crippen molar-refractivity contribution in [2.75, 3.05) is 0 Å². The average molecular weight is 406 g/mol. The number of carbonyl (C=O) groups excluding carboxylic acids is 1. The second kappa shape index (κ2) is 6.50. The molecule has 27 heavy (non-hydrogen) atoms. The number of amides is 1. The highest BCUT2D eigenvalue weighted by molar-refractivity contribution is 6.53. The zero-order chi connectivity index (χ0) is 19.2. The number of nitrogens with zero attached hydrogens (tertiary/aromatic N) is 2. The van der Waals surface area contributed by atoms with Crippen LogP contribution in [0.15, 0.2) is 54.9 Å². The summed E-state index contributed by atoms with van der Waals surface area (Å²) in [5.74, 6) is -0.544. The molecule has 7 heteroatoms. The summed E-state index contributed by atoms with van der Waals surface area (Å²) in [5, 5.41) is 3.03. The standard InChI is InChI=1S/C20H18Cl2FN3O/c1-19(11-20(19,21)22)18(27)25-16(13-6-8-14(23)9-7-13)10-26-12-24-15-4-2-3-5-17(15)26/h2-9,12,16H,10-11H2,1H3,(H,25,27). The lowest BCUT2D eigenvalue weighted by atomic mass is 10.0. The summed E-state index contributed by atoms with van der Waals surface area (Å²) in [6.45, 7) is 2.20. The smallest absolute Gasteiger partial charge is 0.229 e. The first-order valence-electron chi connectivity index (χ1n) is 8.64. The number of hydrogen-bond donors (Lipinski definition) is 1. The first kappa shape index (κ1) is 18.3. The average Bonchev–Trinajstić information content (AvgIpc) is 2.98. The summed E-state index contributed by atoms with van der Waals surface area (Å²) in [6.07, 6.45) is 2.14. The van der Waals surface area contributed by atoms with Crippen LogP contribution in [-0.4, -0.2) is 19.8 Å². The molecule has 0 bridgehead atoms. The largest absolute Gasteiger partial charge is 0.347 e.